The first-order valence-corrected chi connectivity index (χ1v) is 10.5. The SMILES string of the molecule is COc1ccc(-c2nc3cc(OC)cc(OC)c3c(=O)[nH]2)c(NCCCCC(C)C)c1. The van der Waals surface area contributed by atoms with Gasteiger partial charge < -0.3 is 24.5 Å². The van der Waals surface area contributed by atoms with Crippen molar-refractivity contribution in [3.05, 3.63) is 40.7 Å². The van der Waals surface area contributed by atoms with Crippen molar-refractivity contribution >= 4 is 16.6 Å². The number of rotatable bonds is 10. The Morgan fingerprint density at radius 2 is 1.77 bits per heavy atom. The molecule has 3 aromatic rings. The van der Waals surface area contributed by atoms with E-state index in [2.05, 4.69) is 24.1 Å². The molecule has 0 aliphatic rings. The highest BCUT2D eigenvalue weighted by Gasteiger charge is 2.15. The van der Waals surface area contributed by atoms with E-state index in [-0.39, 0.29) is 5.56 Å². The van der Waals surface area contributed by atoms with Gasteiger partial charge in [-0.05, 0) is 24.5 Å². The second-order valence-corrected chi connectivity index (χ2v) is 7.87. The van der Waals surface area contributed by atoms with Crippen LogP contribution < -0.4 is 25.1 Å². The van der Waals surface area contributed by atoms with Crippen LogP contribution in [0.2, 0.25) is 0 Å². The molecule has 3 rings (SSSR count). The molecule has 1 aromatic heterocycles. The minimum Gasteiger partial charge on any atom is -0.497 e. The maximum atomic E-state index is 12.9. The van der Waals surface area contributed by atoms with Crippen LogP contribution in [0, 0.1) is 5.92 Å². The Bertz CT molecular complexity index is 1090. The van der Waals surface area contributed by atoms with Gasteiger partial charge in [0.1, 0.15) is 28.5 Å². The van der Waals surface area contributed by atoms with E-state index in [1.165, 1.54) is 13.5 Å². The molecule has 0 unspecified atom stereocenters. The molecule has 0 atom stereocenters. The van der Waals surface area contributed by atoms with Crippen LogP contribution in [0.15, 0.2) is 35.1 Å². The molecule has 166 valence electrons. The molecule has 0 fully saturated rings. The average Bonchev–Trinajstić information content (AvgIpc) is 2.77. The maximum absolute atomic E-state index is 12.9. The molecule has 0 amide bonds. The highest BCUT2D eigenvalue weighted by molar-refractivity contribution is 5.88. The molecule has 0 bridgehead atoms. The lowest BCUT2D eigenvalue weighted by Crippen LogP contribution is -2.12. The van der Waals surface area contributed by atoms with E-state index in [9.17, 15) is 4.79 Å². The Morgan fingerprint density at radius 1 is 1.00 bits per heavy atom. The number of unbranched alkanes of at least 4 members (excludes halogenated alkanes) is 1. The van der Waals surface area contributed by atoms with Gasteiger partial charge >= 0.3 is 0 Å². The van der Waals surface area contributed by atoms with Crippen molar-refractivity contribution in [2.24, 2.45) is 5.92 Å². The van der Waals surface area contributed by atoms with E-state index >= 15 is 0 Å². The fourth-order valence-corrected chi connectivity index (χ4v) is 3.52. The summed E-state index contributed by atoms with van der Waals surface area (Å²) in [6.45, 7) is 5.30. The molecular formula is C24H31N3O4. The zero-order valence-corrected chi connectivity index (χ0v) is 18.9. The Morgan fingerprint density at radius 3 is 2.45 bits per heavy atom. The van der Waals surface area contributed by atoms with Crippen molar-refractivity contribution in [2.75, 3.05) is 33.2 Å². The van der Waals surface area contributed by atoms with Crippen LogP contribution in [-0.2, 0) is 0 Å². The van der Waals surface area contributed by atoms with Crippen molar-refractivity contribution in [3.8, 4) is 28.6 Å². The predicted molar refractivity (Wildman–Crippen MR) is 125 cm³/mol. The number of aromatic nitrogens is 2. The smallest absolute Gasteiger partial charge is 0.262 e. The van der Waals surface area contributed by atoms with Gasteiger partial charge in [0, 0.05) is 36.0 Å². The summed E-state index contributed by atoms with van der Waals surface area (Å²) in [6, 6.07) is 9.09. The standard InChI is InChI=1S/C24H31N3O4/c1-15(2)8-6-7-11-25-19-12-16(29-3)9-10-18(19)23-26-20-13-17(30-4)14-21(31-5)22(20)24(28)27-23/h9-10,12-15,25H,6-8,11H2,1-5H3,(H,26,27,28). The minimum absolute atomic E-state index is 0.266. The summed E-state index contributed by atoms with van der Waals surface area (Å²) >= 11 is 0. The van der Waals surface area contributed by atoms with E-state index in [0.717, 1.165) is 36.4 Å². The first kappa shape index (κ1) is 22.5. The topological polar surface area (TPSA) is 85.5 Å². The molecule has 0 radical (unpaired) electrons. The molecule has 0 aliphatic carbocycles. The molecule has 0 aliphatic heterocycles. The largest absolute Gasteiger partial charge is 0.497 e. The van der Waals surface area contributed by atoms with Crippen LogP contribution in [0.4, 0.5) is 5.69 Å². The summed E-state index contributed by atoms with van der Waals surface area (Å²) in [5, 5.41) is 3.87. The van der Waals surface area contributed by atoms with Crippen molar-refractivity contribution in [1.29, 1.82) is 0 Å². The summed E-state index contributed by atoms with van der Waals surface area (Å²) in [5.74, 6) is 2.91. The number of fused-ring (bicyclic) bond motifs is 1. The van der Waals surface area contributed by atoms with Crippen molar-refractivity contribution < 1.29 is 14.2 Å². The summed E-state index contributed by atoms with van der Waals surface area (Å²) in [4.78, 5) is 20.5. The number of benzene rings is 2. The first-order valence-electron chi connectivity index (χ1n) is 10.5. The summed E-state index contributed by atoms with van der Waals surface area (Å²) in [6.07, 6.45) is 3.43. The molecule has 0 spiro atoms. The first-order chi connectivity index (χ1) is 15.0. The van der Waals surface area contributed by atoms with Crippen LogP contribution in [0.25, 0.3) is 22.3 Å². The third kappa shape index (κ3) is 5.29. The van der Waals surface area contributed by atoms with Crippen LogP contribution >= 0.6 is 0 Å². The molecule has 7 nitrogen and oxygen atoms in total. The molecule has 0 saturated carbocycles. The highest BCUT2D eigenvalue weighted by atomic mass is 16.5. The van der Waals surface area contributed by atoms with Gasteiger partial charge in [-0.1, -0.05) is 26.7 Å². The van der Waals surface area contributed by atoms with Crippen LogP contribution in [-0.4, -0.2) is 37.8 Å². The molecule has 31 heavy (non-hydrogen) atoms. The molecule has 7 heteroatoms. The molecular weight excluding hydrogens is 394 g/mol. The quantitative estimate of drug-likeness (QED) is 0.452. The van der Waals surface area contributed by atoms with Gasteiger partial charge in [-0.15, -0.1) is 0 Å². The van der Waals surface area contributed by atoms with Gasteiger partial charge in [-0.25, -0.2) is 4.98 Å². The van der Waals surface area contributed by atoms with Gasteiger partial charge in [0.05, 0.1) is 26.8 Å². The number of aromatic amines is 1. The van der Waals surface area contributed by atoms with E-state index < -0.39 is 0 Å². The van der Waals surface area contributed by atoms with Crippen molar-refractivity contribution in [2.45, 2.75) is 33.1 Å². The van der Waals surface area contributed by atoms with E-state index in [1.54, 1.807) is 26.4 Å². The molecule has 0 saturated heterocycles. The van der Waals surface area contributed by atoms with Crippen LogP contribution in [0.5, 0.6) is 17.2 Å². The Kier molecular flexibility index (Phi) is 7.39. The van der Waals surface area contributed by atoms with Gasteiger partial charge in [-0.3, -0.25) is 4.79 Å². The second-order valence-electron chi connectivity index (χ2n) is 7.87. The number of ether oxygens (including phenoxy) is 3. The lowest BCUT2D eigenvalue weighted by Gasteiger charge is -2.14. The van der Waals surface area contributed by atoms with Gasteiger partial charge in [-0.2, -0.15) is 0 Å². The summed E-state index contributed by atoms with van der Waals surface area (Å²) < 4.78 is 16.1. The Balaban J connectivity index is 2.00. The fourth-order valence-electron chi connectivity index (χ4n) is 3.52. The van der Waals surface area contributed by atoms with Crippen LogP contribution in [0.1, 0.15) is 33.1 Å². The molecule has 1 heterocycles. The lowest BCUT2D eigenvalue weighted by molar-refractivity contribution is 0.397. The minimum atomic E-state index is -0.266. The number of methoxy groups -OCH3 is 3. The number of nitrogens with one attached hydrogen (secondary N) is 2. The van der Waals surface area contributed by atoms with E-state index in [0.29, 0.717) is 34.1 Å². The van der Waals surface area contributed by atoms with Crippen LogP contribution in [0.3, 0.4) is 0 Å². The van der Waals surface area contributed by atoms with Gasteiger partial charge in [0.2, 0.25) is 0 Å². The van der Waals surface area contributed by atoms with Crippen molar-refractivity contribution in [1.82, 2.24) is 9.97 Å². The zero-order valence-electron chi connectivity index (χ0n) is 18.9. The normalized spacial score (nSPS) is 11.0. The van der Waals surface area contributed by atoms with E-state index in [4.69, 9.17) is 19.2 Å². The summed E-state index contributed by atoms with van der Waals surface area (Å²) in [7, 11) is 4.72. The monoisotopic (exact) mass is 425 g/mol. The molecule has 2 N–H and O–H groups in total. The highest BCUT2D eigenvalue weighted by Crippen LogP contribution is 2.32. The Labute approximate surface area is 182 Å². The number of hydrogen-bond donors (Lipinski definition) is 2. The number of anilines is 1. The number of nitrogens with zero attached hydrogens (tertiary/aromatic N) is 1. The zero-order chi connectivity index (χ0) is 22.4. The lowest BCUT2D eigenvalue weighted by atomic mass is 10.1. The van der Waals surface area contributed by atoms with Gasteiger partial charge in [0.25, 0.3) is 5.56 Å². The fraction of sp³-hybridized carbons (Fsp3) is 0.417. The molecule has 2 aromatic carbocycles. The Hall–Kier alpha value is -3.22. The summed E-state index contributed by atoms with van der Waals surface area (Å²) in [5.41, 5.74) is 1.90. The second kappa shape index (κ2) is 10.2. The number of H-pyrrole nitrogens is 1. The third-order valence-corrected chi connectivity index (χ3v) is 5.21. The third-order valence-electron chi connectivity index (χ3n) is 5.21. The maximum Gasteiger partial charge on any atom is 0.262 e. The predicted octanol–water partition coefficient (Wildman–Crippen LogP) is 4.85. The van der Waals surface area contributed by atoms with E-state index in [1.807, 2.05) is 18.2 Å². The number of hydrogen-bond acceptors (Lipinski definition) is 6. The van der Waals surface area contributed by atoms with Crippen molar-refractivity contribution in [3.63, 3.8) is 0 Å². The van der Waals surface area contributed by atoms with Gasteiger partial charge in [0.15, 0.2) is 0 Å². The average molecular weight is 426 g/mol.